The second kappa shape index (κ2) is 10.5. The van der Waals surface area contributed by atoms with E-state index in [1.165, 1.54) is 0 Å². The third-order valence-electron chi connectivity index (χ3n) is 10.1. The molecule has 0 radical (unpaired) electrons. The molecule has 36 heavy (non-hydrogen) atoms. The Morgan fingerprint density at radius 1 is 0.917 bits per heavy atom. The van der Waals surface area contributed by atoms with Gasteiger partial charge in [0.15, 0.2) is 12.6 Å². The molecule has 0 spiro atoms. The standard InChI is InChI=1S/C30H50O6/c1-20(2)14-28(5,21(3)4)27(31)36-29-15-22-16-30(24(22)19-29,35-26-11-7-9-13-33-26)18-23(17-29)34-25-10-6-8-12-32-25/h20-26H,6-19H2,1-5H3. The molecule has 0 aromatic rings. The Labute approximate surface area is 218 Å². The zero-order chi connectivity index (χ0) is 25.6. The number of carbonyl (C=O) groups is 1. The largest absolute Gasteiger partial charge is 0.459 e. The molecular weight excluding hydrogens is 456 g/mol. The van der Waals surface area contributed by atoms with E-state index in [0.717, 1.165) is 90.3 Å². The average molecular weight is 507 g/mol. The van der Waals surface area contributed by atoms with Crippen LogP contribution >= 0.6 is 0 Å². The molecule has 5 fully saturated rings. The van der Waals surface area contributed by atoms with Crippen LogP contribution in [-0.4, -0.2) is 49.1 Å². The molecule has 6 nitrogen and oxygen atoms in total. The summed E-state index contributed by atoms with van der Waals surface area (Å²) in [6.07, 6.45) is 11.4. The molecule has 2 aliphatic heterocycles. The number of esters is 1. The van der Waals surface area contributed by atoms with Crippen molar-refractivity contribution < 1.29 is 28.5 Å². The van der Waals surface area contributed by atoms with Gasteiger partial charge in [-0.1, -0.05) is 27.7 Å². The van der Waals surface area contributed by atoms with Gasteiger partial charge in [-0.05, 0) is 94.8 Å². The summed E-state index contributed by atoms with van der Waals surface area (Å²) in [4.78, 5) is 13.9. The highest BCUT2D eigenvalue weighted by Gasteiger charge is 2.68. The predicted octanol–water partition coefficient (Wildman–Crippen LogP) is 6.39. The van der Waals surface area contributed by atoms with Crippen molar-refractivity contribution in [3.8, 4) is 0 Å². The maximum absolute atomic E-state index is 13.9. The minimum Gasteiger partial charge on any atom is -0.459 e. The maximum atomic E-state index is 13.9. The van der Waals surface area contributed by atoms with E-state index in [1.807, 2.05) is 0 Å². The smallest absolute Gasteiger partial charge is 0.312 e. The van der Waals surface area contributed by atoms with Gasteiger partial charge in [-0.3, -0.25) is 4.79 Å². The maximum Gasteiger partial charge on any atom is 0.312 e. The third kappa shape index (κ3) is 5.26. The third-order valence-corrected chi connectivity index (χ3v) is 10.1. The lowest BCUT2D eigenvalue weighted by Gasteiger charge is -2.54. The van der Waals surface area contributed by atoms with Gasteiger partial charge in [0.1, 0.15) is 5.60 Å². The molecule has 8 unspecified atom stereocenters. The first-order valence-corrected chi connectivity index (χ1v) is 14.9. The van der Waals surface area contributed by atoms with Crippen molar-refractivity contribution in [1.82, 2.24) is 0 Å². The second-order valence-electron chi connectivity index (χ2n) is 13.7. The van der Waals surface area contributed by atoms with E-state index < -0.39 is 11.0 Å². The molecule has 2 saturated heterocycles. The summed E-state index contributed by atoms with van der Waals surface area (Å²) in [6, 6.07) is 0. The molecule has 206 valence electrons. The number of fused-ring (bicyclic) bond motifs is 1. The SMILES string of the molecule is CC(C)CC(C)(C(=O)OC12CC(OC3CCCCO3)CC3(OC4CCCCO4)CC(C1)C3C2)C(C)C. The fourth-order valence-electron chi connectivity index (χ4n) is 8.03. The summed E-state index contributed by atoms with van der Waals surface area (Å²) in [5.41, 5.74) is -1.17. The van der Waals surface area contributed by atoms with Crippen LogP contribution in [0.5, 0.6) is 0 Å². The molecule has 0 N–H and O–H groups in total. The van der Waals surface area contributed by atoms with Gasteiger partial charge in [0, 0.05) is 26.1 Å². The van der Waals surface area contributed by atoms with E-state index in [-0.39, 0.29) is 36.2 Å². The van der Waals surface area contributed by atoms with Crippen molar-refractivity contribution in [2.75, 3.05) is 13.2 Å². The molecule has 6 heteroatoms. The molecule has 0 aromatic carbocycles. The number of rotatable bonds is 9. The molecule has 3 aliphatic carbocycles. The van der Waals surface area contributed by atoms with Gasteiger partial charge in [-0.25, -0.2) is 0 Å². The lowest BCUT2D eigenvalue weighted by molar-refractivity contribution is -0.292. The lowest BCUT2D eigenvalue weighted by atomic mass is 9.60. The average Bonchev–Trinajstić information content (AvgIpc) is 3.06. The van der Waals surface area contributed by atoms with Crippen LogP contribution in [0.2, 0.25) is 0 Å². The molecule has 8 atom stereocenters. The van der Waals surface area contributed by atoms with E-state index in [4.69, 9.17) is 23.7 Å². The van der Waals surface area contributed by atoms with Gasteiger partial charge in [-0.15, -0.1) is 0 Å². The van der Waals surface area contributed by atoms with Crippen molar-refractivity contribution in [3.63, 3.8) is 0 Å². The summed E-state index contributed by atoms with van der Waals surface area (Å²) in [5.74, 6) is 1.61. The van der Waals surface area contributed by atoms with E-state index in [9.17, 15) is 4.79 Å². The Morgan fingerprint density at radius 3 is 2.22 bits per heavy atom. The van der Waals surface area contributed by atoms with Gasteiger partial charge in [0.2, 0.25) is 0 Å². The zero-order valence-corrected chi connectivity index (χ0v) is 23.4. The van der Waals surface area contributed by atoms with Crippen molar-refractivity contribution >= 4 is 5.97 Å². The zero-order valence-electron chi connectivity index (χ0n) is 23.4. The highest BCUT2D eigenvalue weighted by molar-refractivity contribution is 5.77. The molecular formula is C30H50O6. The predicted molar refractivity (Wildman–Crippen MR) is 137 cm³/mol. The molecule has 5 rings (SSSR count). The first-order valence-electron chi connectivity index (χ1n) is 14.9. The van der Waals surface area contributed by atoms with E-state index in [0.29, 0.717) is 17.8 Å². The van der Waals surface area contributed by atoms with Crippen LogP contribution in [0.4, 0.5) is 0 Å². The fourth-order valence-corrected chi connectivity index (χ4v) is 8.03. The van der Waals surface area contributed by atoms with Crippen LogP contribution < -0.4 is 0 Å². The van der Waals surface area contributed by atoms with Crippen molar-refractivity contribution in [2.24, 2.45) is 29.1 Å². The van der Waals surface area contributed by atoms with Crippen LogP contribution in [0.3, 0.4) is 0 Å². The Hall–Kier alpha value is -0.690. The second-order valence-corrected chi connectivity index (χ2v) is 13.7. The van der Waals surface area contributed by atoms with Crippen molar-refractivity contribution in [1.29, 1.82) is 0 Å². The van der Waals surface area contributed by atoms with Gasteiger partial charge >= 0.3 is 5.97 Å². The summed E-state index contributed by atoms with van der Waals surface area (Å²) >= 11 is 0. The quantitative estimate of drug-likeness (QED) is 0.338. The lowest BCUT2D eigenvalue weighted by Crippen LogP contribution is -2.57. The van der Waals surface area contributed by atoms with Crippen LogP contribution in [-0.2, 0) is 28.5 Å². The first-order chi connectivity index (χ1) is 17.1. The van der Waals surface area contributed by atoms with Gasteiger partial charge in [0.05, 0.1) is 17.1 Å². The number of hydrogen-bond donors (Lipinski definition) is 0. The topological polar surface area (TPSA) is 63.2 Å². The highest BCUT2D eigenvalue weighted by atomic mass is 16.7. The number of carbonyl (C=O) groups excluding carboxylic acids is 1. The minimum absolute atomic E-state index is 0.0239. The van der Waals surface area contributed by atoms with Gasteiger partial charge in [-0.2, -0.15) is 0 Å². The van der Waals surface area contributed by atoms with E-state index in [2.05, 4.69) is 34.6 Å². The van der Waals surface area contributed by atoms with Crippen LogP contribution in [0.25, 0.3) is 0 Å². The molecule has 0 aromatic heterocycles. The van der Waals surface area contributed by atoms with Crippen molar-refractivity contribution in [2.45, 2.75) is 142 Å². The highest BCUT2D eigenvalue weighted by Crippen LogP contribution is 2.65. The van der Waals surface area contributed by atoms with Crippen LogP contribution in [0.1, 0.15) is 112 Å². The van der Waals surface area contributed by atoms with Crippen LogP contribution in [0, 0.1) is 29.1 Å². The Bertz CT molecular complexity index is 771. The fraction of sp³-hybridized carbons (Fsp3) is 0.967. The monoisotopic (exact) mass is 506 g/mol. The molecule has 3 saturated carbocycles. The molecule has 2 heterocycles. The summed E-state index contributed by atoms with van der Waals surface area (Å²) in [6.45, 7) is 12.4. The Morgan fingerprint density at radius 2 is 1.61 bits per heavy atom. The van der Waals surface area contributed by atoms with E-state index >= 15 is 0 Å². The minimum atomic E-state index is -0.483. The van der Waals surface area contributed by atoms with Gasteiger partial charge < -0.3 is 23.7 Å². The number of hydrogen-bond acceptors (Lipinski definition) is 6. The number of ether oxygens (including phenoxy) is 5. The summed E-state index contributed by atoms with van der Waals surface area (Å²) in [7, 11) is 0. The van der Waals surface area contributed by atoms with Crippen molar-refractivity contribution in [3.05, 3.63) is 0 Å². The molecule has 2 bridgehead atoms. The summed E-state index contributed by atoms with van der Waals surface area (Å²) < 4.78 is 32.2. The first kappa shape index (κ1) is 26.9. The molecule has 0 amide bonds. The van der Waals surface area contributed by atoms with Gasteiger partial charge in [0.25, 0.3) is 0 Å². The Kier molecular flexibility index (Phi) is 7.82. The Balaban J connectivity index is 1.37. The normalized spacial score (nSPS) is 42.0. The van der Waals surface area contributed by atoms with Crippen LogP contribution in [0.15, 0.2) is 0 Å². The molecule has 5 aliphatic rings. The summed E-state index contributed by atoms with van der Waals surface area (Å²) in [5, 5.41) is 0. The van der Waals surface area contributed by atoms with E-state index in [1.54, 1.807) is 0 Å².